The van der Waals surface area contributed by atoms with Crippen molar-refractivity contribution in [2.75, 3.05) is 35.2 Å². The number of carbonyl (C=O) groups excluding carboxylic acids is 1. The third-order valence-corrected chi connectivity index (χ3v) is 7.91. The van der Waals surface area contributed by atoms with E-state index in [-0.39, 0.29) is 5.91 Å². The monoisotopic (exact) mass is 409 g/mol. The number of nitrogens with zero attached hydrogens (tertiary/aromatic N) is 4. The molecule has 2 aliphatic rings. The van der Waals surface area contributed by atoms with Crippen LogP contribution in [-0.2, 0) is 4.79 Å². The Morgan fingerprint density at radius 2 is 2.04 bits per heavy atom. The molecule has 0 bridgehead atoms. The average Bonchev–Trinajstić information content (AvgIpc) is 3.13. The van der Waals surface area contributed by atoms with Crippen LogP contribution in [0, 0.1) is 0 Å². The molecule has 6 nitrogen and oxygen atoms in total. The molecule has 0 unspecified atom stereocenters. The number of fused-ring (bicyclic) bond motifs is 1. The molecule has 1 N–H and O–H groups in total. The van der Waals surface area contributed by atoms with Gasteiger partial charge in [0.25, 0.3) is 0 Å². The number of rotatable bonds is 5. The van der Waals surface area contributed by atoms with Gasteiger partial charge in [0, 0.05) is 30.6 Å². The zero-order chi connectivity index (χ0) is 17.8. The Morgan fingerprint density at radius 1 is 1.23 bits per heavy atom. The second-order valence-electron chi connectivity index (χ2n) is 6.62. The highest BCUT2D eigenvalue weighted by molar-refractivity contribution is 8.00. The fourth-order valence-corrected chi connectivity index (χ4v) is 6.22. The minimum atomic E-state index is 0.103. The summed E-state index contributed by atoms with van der Waals surface area (Å²) in [7, 11) is 0. The first kappa shape index (κ1) is 18.3. The summed E-state index contributed by atoms with van der Waals surface area (Å²) < 4.78 is 0.996. The summed E-state index contributed by atoms with van der Waals surface area (Å²) in [6.07, 6.45) is 7.52. The topological polar surface area (TPSA) is 71.0 Å². The summed E-state index contributed by atoms with van der Waals surface area (Å²) in [5.74, 6) is 2.79. The molecule has 0 radical (unpaired) electrons. The van der Waals surface area contributed by atoms with Gasteiger partial charge in [-0.2, -0.15) is 16.7 Å². The molecule has 2 aromatic rings. The summed E-state index contributed by atoms with van der Waals surface area (Å²) in [6, 6.07) is 0.356. The Kier molecular flexibility index (Phi) is 6.16. The van der Waals surface area contributed by atoms with Crippen LogP contribution in [-0.4, -0.2) is 57.2 Å². The zero-order valence-corrected chi connectivity index (χ0v) is 17.1. The largest absolute Gasteiger partial charge is 0.353 e. The summed E-state index contributed by atoms with van der Waals surface area (Å²) in [5.41, 5.74) is 0.744. The predicted octanol–water partition coefficient (Wildman–Crippen LogP) is 3.18. The van der Waals surface area contributed by atoms with E-state index in [4.69, 9.17) is 0 Å². The number of hydrogen-bond donors (Lipinski definition) is 1. The summed E-state index contributed by atoms with van der Waals surface area (Å²) in [4.78, 5) is 28.0. The number of aromatic nitrogens is 3. The molecule has 1 saturated carbocycles. The minimum Gasteiger partial charge on any atom is -0.353 e. The van der Waals surface area contributed by atoms with Crippen molar-refractivity contribution < 1.29 is 4.79 Å². The Morgan fingerprint density at radius 3 is 2.85 bits per heavy atom. The molecule has 2 fully saturated rings. The van der Waals surface area contributed by atoms with Gasteiger partial charge in [0.05, 0.1) is 5.75 Å². The SMILES string of the molecule is O=C(CSc1ncnc2nc(N3CCSCC3)sc12)NC1CCCCC1. The fourth-order valence-electron chi connectivity index (χ4n) is 3.37. The summed E-state index contributed by atoms with van der Waals surface area (Å²) >= 11 is 5.12. The van der Waals surface area contributed by atoms with E-state index in [1.807, 2.05) is 11.8 Å². The van der Waals surface area contributed by atoms with Crippen molar-refractivity contribution in [1.82, 2.24) is 20.3 Å². The van der Waals surface area contributed by atoms with Crippen LogP contribution in [0.5, 0.6) is 0 Å². The van der Waals surface area contributed by atoms with E-state index in [2.05, 4.69) is 25.2 Å². The third-order valence-electron chi connectivity index (χ3n) is 4.74. The van der Waals surface area contributed by atoms with Gasteiger partial charge < -0.3 is 10.2 Å². The molecule has 26 heavy (non-hydrogen) atoms. The van der Waals surface area contributed by atoms with Crippen molar-refractivity contribution in [2.24, 2.45) is 0 Å². The van der Waals surface area contributed by atoms with Crippen LogP contribution in [0.2, 0.25) is 0 Å². The lowest BCUT2D eigenvalue weighted by molar-refractivity contribution is -0.119. The lowest BCUT2D eigenvalue weighted by Gasteiger charge is -2.25. The zero-order valence-electron chi connectivity index (χ0n) is 14.6. The molecule has 1 saturated heterocycles. The second kappa shape index (κ2) is 8.75. The first-order valence-electron chi connectivity index (χ1n) is 9.16. The van der Waals surface area contributed by atoms with Crippen molar-refractivity contribution in [3.8, 4) is 0 Å². The number of hydrogen-bond acceptors (Lipinski definition) is 8. The first-order chi connectivity index (χ1) is 12.8. The van der Waals surface area contributed by atoms with E-state index in [1.165, 1.54) is 31.0 Å². The predicted molar refractivity (Wildman–Crippen MR) is 110 cm³/mol. The van der Waals surface area contributed by atoms with E-state index in [0.29, 0.717) is 11.8 Å². The van der Waals surface area contributed by atoms with Crippen molar-refractivity contribution in [1.29, 1.82) is 0 Å². The molecule has 1 aliphatic carbocycles. The Bertz CT molecular complexity index is 756. The van der Waals surface area contributed by atoms with Crippen LogP contribution in [0.4, 0.5) is 5.13 Å². The van der Waals surface area contributed by atoms with Gasteiger partial charge in [-0.05, 0) is 12.8 Å². The van der Waals surface area contributed by atoms with E-state index in [0.717, 1.165) is 57.9 Å². The van der Waals surface area contributed by atoms with E-state index >= 15 is 0 Å². The highest BCUT2D eigenvalue weighted by Crippen LogP contribution is 2.34. The molecule has 140 valence electrons. The number of thioether (sulfide) groups is 2. The highest BCUT2D eigenvalue weighted by atomic mass is 32.2. The van der Waals surface area contributed by atoms with Crippen LogP contribution in [0.3, 0.4) is 0 Å². The molecular weight excluding hydrogens is 386 g/mol. The molecule has 9 heteroatoms. The molecular formula is C17H23N5OS3. The van der Waals surface area contributed by atoms with Crippen LogP contribution < -0.4 is 10.2 Å². The second-order valence-corrected chi connectivity index (χ2v) is 9.78. The number of amides is 1. The summed E-state index contributed by atoms with van der Waals surface area (Å²) in [6.45, 7) is 2.06. The van der Waals surface area contributed by atoms with Crippen molar-refractivity contribution in [3.63, 3.8) is 0 Å². The standard InChI is InChI=1S/C17H23N5OS3/c23-13(20-12-4-2-1-3-5-12)10-25-16-14-15(18-11-19-16)21-17(26-14)22-6-8-24-9-7-22/h11-12H,1-10H2,(H,20,23). The maximum absolute atomic E-state index is 12.3. The molecule has 1 aliphatic heterocycles. The van der Waals surface area contributed by atoms with Gasteiger partial charge >= 0.3 is 0 Å². The highest BCUT2D eigenvalue weighted by Gasteiger charge is 2.19. The molecule has 2 aromatic heterocycles. The molecule has 3 heterocycles. The summed E-state index contributed by atoms with van der Waals surface area (Å²) in [5, 5.41) is 5.06. The maximum Gasteiger partial charge on any atom is 0.230 e. The normalized spacial score (nSPS) is 19.0. The molecule has 4 rings (SSSR count). The number of nitrogens with one attached hydrogen (secondary N) is 1. The number of carbonyl (C=O) groups is 1. The molecule has 0 atom stereocenters. The van der Waals surface area contributed by atoms with Crippen molar-refractivity contribution >= 4 is 56.2 Å². The van der Waals surface area contributed by atoms with Gasteiger partial charge in [-0.3, -0.25) is 4.79 Å². The van der Waals surface area contributed by atoms with Gasteiger partial charge in [-0.25, -0.2) is 9.97 Å². The smallest absolute Gasteiger partial charge is 0.230 e. The van der Waals surface area contributed by atoms with E-state index in [9.17, 15) is 4.79 Å². The minimum absolute atomic E-state index is 0.103. The Balaban J connectivity index is 1.41. The Hall–Kier alpha value is -1.06. The lowest BCUT2D eigenvalue weighted by atomic mass is 9.95. The van der Waals surface area contributed by atoms with Crippen LogP contribution in [0.15, 0.2) is 11.4 Å². The first-order valence-corrected chi connectivity index (χ1v) is 12.1. The van der Waals surface area contributed by atoms with Gasteiger partial charge in [0.15, 0.2) is 10.8 Å². The van der Waals surface area contributed by atoms with Crippen LogP contribution in [0.1, 0.15) is 32.1 Å². The van der Waals surface area contributed by atoms with Crippen molar-refractivity contribution in [3.05, 3.63) is 6.33 Å². The quantitative estimate of drug-likeness (QED) is 0.601. The Labute approximate surface area is 165 Å². The van der Waals surface area contributed by atoms with Crippen molar-refractivity contribution in [2.45, 2.75) is 43.2 Å². The molecule has 0 spiro atoms. The number of thiazole rings is 1. The van der Waals surface area contributed by atoms with E-state index in [1.54, 1.807) is 17.7 Å². The maximum atomic E-state index is 12.3. The lowest BCUT2D eigenvalue weighted by Crippen LogP contribution is -2.37. The van der Waals surface area contributed by atoms with Gasteiger partial charge in [0.2, 0.25) is 5.91 Å². The van der Waals surface area contributed by atoms with E-state index < -0.39 is 0 Å². The van der Waals surface area contributed by atoms with Crippen LogP contribution >= 0.6 is 34.9 Å². The van der Waals surface area contributed by atoms with Gasteiger partial charge in [-0.1, -0.05) is 42.4 Å². The van der Waals surface area contributed by atoms with Crippen LogP contribution in [0.25, 0.3) is 10.3 Å². The van der Waals surface area contributed by atoms with Gasteiger partial charge in [-0.15, -0.1) is 0 Å². The molecule has 0 aromatic carbocycles. The number of anilines is 1. The van der Waals surface area contributed by atoms with Gasteiger partial charge in [0.1, 0.15) is 16.1 Å². The third kappa shape index (κ3) is 4.43. The molecule has 1 amide bonds. The fraction of sp³-hybridized carbons (Fsp3) is 0.647. The average molecular weight is 410 g/mol.